The molecule has 6 atom stereocenters. The molecule has 74 valence electrons. The summed E-state index contributed by atoms with van der Waals surface area (Å²) >= 11 is 0. The smallest absolute Gasteiger partial charge is 0.311 e. The molecule has 0 amide bonds. The number of carbonyl (C=O) groups excluding carboxylic acids is 1. The van der Waals surface area contributed by atoms with E-state index in [2.05, 4.69) is 0 Å². The third-order valence-electron chi connectivity index (χ3n) is 4.90. The Kier molecular flexibility index (Phi) is 0.885. The topological polar surface area (TPSA) is 63.6 Å². The monoisotopic (exact) mass is 194 g/mol. The number of aliphatic carboxylic acids is 1. The number of carboxylic acids is 1. The van der Waals surface area contributed by atoms with Crippen LogP contribution < -0.4 is 0 Å². The minimum Gasteiger partial charge on any atom is -0.481 e. The molecule has 1 aliphatic heterocycles. The molecule has 5 fully saturated rings. The van der Waals surface area contributed by atoms with Crippen molar-refractivity contribution >= 4 is 11.9 Å². The van der Waals surface area contributed by atoms with Crippen molar-refractivity contribution in [2.75, 3.05) is 0 Å². The molecular weight excluding hydrogens is 184 g/mol. The van der Waals surface area contributed by atoms with Gasteiger partial charge in [-0.2, -0.15) is 0 Å². The minimum atomic E-state index is -0.763. The lowest BCUT2D eigenvalue weighted by atomic mass is 9.73. The van der Waals surface area contributed by atoms with Crippen LogP contribution in [-0.4, -0.2) is 23.1 Å². The molecule has 0 spiro atoms. The van der Waals surface area contributed by atoms with Crippen molar-refractivity contribution in [3.63, 3.8) is 0 Å². The molecule has 4 aliphatic carbocycles. The SMILES string of the molecule is O=C1O[C@H]2[C@@H]3CC[C@@H]4[C@@H]2[C@]4(C(=O)O)[C@H]13. The summed E-state index contributed by atoms with van der Waals surface area (Å²) in [5, 5.41) is 9.27. The van der Waals surface area contributed by atoms with Crippen molar-refractivity contribution in [1.82, 2.24) is 0 Å². The van der Waals surface area contributed by atoms with Gasteiger partial charge >= 0.3 is 11.9 Å². The predicted molar refractivity (Wildman–Crippen MR) is 43.1 cm³/mol. The molecule has 4 nitrogen and oxygen atoms in total. The maximum absolute atomic E-state index is 11.5. The van der Waals surface area contributed by atoms with E-state index in [0.29, 0.717) is 0 Å². The average Bonchev–Trinajstić information content (AvgIpc) is 2.67. The maximum atomic E-state index is 11.5. The Morgan fingerprint density at radius 1 is 1.50 bits per heavy atom. The predicted octanol–water partition coefficient (Wildman–Crippen LogP) is 0.269. The Labute approximate surface area is 80.2 Å². The molecule has 1 N–H and O–H groups in total. The number of carboxylic acid groups (broad SMARTS) is 1. The Morgan fingerprint density at radius 2 is 2.29 bits per heavy atom. The summed E-state index contributed by atoms with van der Waals surface area (Å²) in [6.07, 6.45) is 1.91. The van der Waals surface area contributed by atoms with Crippen LogP contribution in [0.25, 0.3) is 0 Å². The van der Waals surface area contributed by atoms with Crippen molar-refractivity contribution in [1.29, 1.82) is 0 Å². The van der Waals surface area contributed by atoms with Gasteiger partial charge in [0.1, 0.15) is 6.10 Å². The lowest BCUT2D eigenvalue weighted by Crippen LogP contribution is -2.36. The zero-order valence-corrected chi connectivity index (χ0v) is 7.47. The van der Waals surface area contributed by atoms with Crippen molar-refractivity contribution in [3.8, 4) is 0 Å². The van der Waals surface area contributed by atoms with Crippen molar-refractivity contribution in [2.45, 2.75) is 18.9 Å². The largest absolute Gasteiger partial charge is 0.481 e. The van der Waals surface area contributed by atoms with Crippen LogP contribution in [0.15, 0.2) is 0 Å². The third kappa shape index (κ3) is 0.433. The van der Waals surface area contributed by atoms with Gasteiger partial charge in [-0.3, -0.25) is 9.59 Å². The first-order valence-electron chi connectivity index (χ1n) is 5.13. The van der Waals surface area contributed by atoms with Crippen LogP contribution in [0.1, 0.15) is 12.8 Å². The summed E-state index contributed by atoms with van der Waals surface area (Å²) < 4.78 is 5.22. The molecule has 0 aromatic carbocycles. The number of esters is 1. The van der Waals surface area contributed by atoms with Gasteiger partial charge in [0.05, 0.1) is 11.3 Å². The van der Waals surface area contributed by atoms with Gasteiger partial charge in [0.2, 0.25) is 0 Å². The molecule has 0 aromatic heterocycles. The number of ether oxygens (including phenoxy) is 1. The number of hydrogen-bond acceptors (Lipinski definition) is 3. The molecule has 5 rings (SSSR count). The molecule has 6 bridgehead atoms. The molecule has 14 heavy (non-hydrogen) atoms. The van der Waals surface area contributed by atoms with Gasteiger partial charge in [-0.25, -0.2) is 0 Å². The molecule has 4 saturated carbocycles. The quantitative estimate of drug-likeness (QED) is 0.608. The molecule has 0 radical (unpaired) electrons. The second-order valence-electron chi connectivity index (χ2n) is 4.99. The molecule has 1 saturated heterocycles. The lowest BCUT2D eigenvalue weighted by Gasteiger charge is -2.26. The Morgan fingerprint density at radius 3 is 2.86 bits per heavy atom. The number of hydrogen-bond donors (Lipinski definition) is 1. The van der Waals surface area contributed by atoms with Crippen LogP contribution in [0.5, 0.6) is 0 Å². The van der Waals surface area contributed by atoms with Crippen molar-refractivity contribution < 1.29 is 19.4 Å². The summed E-state index contributed by atoms with van der Waals surface area (Å²) in [6, 6.07) is 0. The summed E-state index contributed by atoms with van der Waals surface area (Å²) in [4.78, 5) is 22.8. The highest BCUT2D eigenvalue weighted by Gasteiger charge is 2.89. The van der Waals surface area contributed by atoms with Gasteiger partial charge in [0.15, 0.2) is 0 Å². The van der Waals surface area contributed by atoms with Crippen LogP contribution in [0.4, 0.5) is 0 Å². The molecule has 1 heterocycles. The Bertz CT molecular complexity index is 374. The van der Waals surface area contributed by atoms with E-state index in [4.69, 9.17) is 4.74 Å². The van der Waals surface area contributed by atoms with E-state index in [1.54, 1.807) is 0 Å². The normalized spacial score (nSPS) is 61.1. The number of carbonyl (C=O) groups is 2. The van der Waals surface area contributed by atoms with Gasteiger partial charge in [0, 0.05) is 11.8 Å². The zero-order chi connectivity index (χ0) is 9.66. The second-order valence-corrected chi connectivity index (χ2v) is 4.99. The van der Waals surface area contributed by atoms with Gasteiger partial charge < -0.3 is 9.84 Å². The Hall–Kier alpha value is -1.06. The zero-order valence-electron chi connectivity index (χ0n) is 7.47. The first kappa shape index (κ1) is 7.26. The first-order chi connectivity index (χ1) is 6.69. The number of fused-ring (bicyclic) bond motifs is 1. The van der Waals surface area contributed by atoms with Crippen LogP contribution >= 0.6 is 0 Å². The van der Waals surface area contributed by atoms with Gasteiger partial charge in [-0.1, -0.05) is 0 Å². The fraction of sp³-hybridized carbons (Fsp3) is 0.800. The summed E-state index contributed by atoms with van der Waals surface area (Å²) in [5.74, 6) is -0.725. The summed E-state index contributed by atoms with van der Waals surface area (Å²) in [5.41, 5.74) is -0.692. The average molecular weight is 194 g/mol. The lowest BCUT2D eigenvalue weighted by molar-refractivity contribution is -0.160. The van der Waals surface area contributed by atoms with Crippen molar-refractivity contribution in [3.05, 3.63) is 0 Å². The van der Waals surface area contributed by atoms with E-state index in [-0.39, 0.29) is 35.7 Å². The third-order valence-corrected chi connectivity index (χ3v) is 4.90. The summed E-state index contributed by atoms with van der Waals surface area (Å²) in [6.45, 7) is 0. The minimum absolute atomic E-state index is 0.0534. The van der Waals surface area contributed by atoms with Gasteiger partial charge in [-0.15, -0.1) is 0 Å². The van der Waals surface area contributed by atoms with Gasteiger partial charge in [-0.05, 0) is 18.8 Å². The van der Waals surface area contributed by atoms with Crippen LogP contribution in [0.3, 0.4) is 0 Å². The highest BCUT2D eigenvalue weighted by atomic mass is 16.6. The van der Waals surface area contributed by atoms with E-state index in [9.17, 15) is 14.7 Å². The van der Waals surface area contributed by atoms with Crippen LogP contribution in [0.2, 0.25) is 0 Å². The van der Waals surface area contributed by atoms with E-state index in [1.807, 2.05) is 0 Å². The highest BCUT2D eigenvalue weighted by molar-refractivity contribution is 5.92. The maximum Gasteiger partial charge on any atom is 0.311 e. The van der Waals surface area contributed by atoms with E-state index >= 15 is 0 Å². The number of rotatable bonds is 1. The van der Waals surface area contributed by atoms with Crippen LogP contribution in [0, 0.1) is 29.1 Å². The molecule has 0 aromatic rings. The van der Waals surface area contributed by atoms with E-state index in [1.165, 1.54) is 0 Å². The van der Waals surface area contributed by atoms with E-state index < -0.39 is 11.4 Å². The van der Waals surface area contributed by atoms with E-state index in [0.717, 1.165) is 12.8 Å². The fourth-order valence-corrected chi connectivity index (χ4v) is 4.55. The summed E-state index contributed by atoms with van der Waals surface area (Å²) in [7, 11) is 0. The molecular formula is C10H10O4. The fourth-order valence-electron chi connectivity index (χ4n) is 4.55. The van der Waals surface area contributed by atoms with Crippen LogP contribution in [-0.2, 0) is 14.3 Å². The standard InChI is InChI=1S/C10H10O4/c11-8-5-3-1-2-4-6(7(3)14-8)10(4,5)9(12)13/h3-7H,1-2H2,(H,12,13)/t3-,4-,5+,6+,7+,10-/m1/s1. The highest BCUT2D eigenvalue weighted by Crippen LogP contribution is 2.81. The molecule has 4 heteroatoms. The molecule has 0 unspecified atom stereocenters. The van der Waals surface area contributed by atoms with Gasteiger partial charge in [0.25, 0.3) is 0 Å². The Balaban J connectivity index is 1.91. The van der Waals surface area contributed by atoms with Crippen molar-refractivity contribution in [2.24, 2.45) is 29.1 Å². The second kappa shape index (κ2) is 1.71. The molecule has 5 aliphatic rings. The first-order valence-corrected chi connectivity index (χ1v) is 5.13.